The summed E-state index contributed by atoms with van der Waals surface area (Å²) in [6.45, 7) is 0.971. The molecule has 1 saturated heterocycles. The molecule has 2 amide bonds. The summed E-state index contributed by atoms with van der Waals surface area (Å²) in [7, 11) is 4.77. The number of amides is 2. The van der Waals surface area contributed by atoms with Crippen molar-refractivity contribution in [2.75, 3.05) is 39.7 Å². The van der Waals surface area contributed by atoms with Crippen LogP contribution in [0.1, 0.15) is 12.0 Å². The minimum atomic E-state index is -0.362. The molecule has 1 atom stereocenters. The van der Waals surface area contributed by atoms with Gasteiger partial charge in [-0.2, -0.15) is 0 Å². The fourth-order valence-corrected chi connectivity index (χ4v) is 3.41. The lowest BCUT2D eigenvalue weighted by Gasteiger charge is -2.17. The van der Waals surface area contributed by atoms with E-state index in [1.165, 1.54) is 0 Å². The second-order valence-corrected chi connectivity index (χ2v) is 6.90. The van der Waals surface area contributed by atoms with Crippen molar-refractivity contribution in [1.29, 1.82) is 0 Å². The molecule has 1 aliphatic heterocycles. The van der Waals surface area contributed by atoms with Crippen molar-refractivity contribution < 1.29 is 23.8 Å². The molecule has 2 aromatic rings. The average molecular weight is 398 g/mol. The van der Waals surface area contributed by atoms with E-state index in [-0.39, 0.29) is 24.2 Å². The smallest absolute Gasteiger partial charge is 0.229 e. The van der Waals surface area contributed by atoms with E-state index in [2.05, 4.69) is 5.32 Å². The molecule has 0 aromatic heterocycles. The Morgan fingerprint density at radius 3 is 2.59 bits per heavy atom. The number of benzene rings is 2. The van der Waals surface area contributed by atoms with E-state index < -0.39 is 0 Å². The van der Waals surface area contributed by atoms with Crippen molar-refractivity contribution >= 4 is 17.5 Å². The molecular formula is C22H26N2O5. The van der Waals surface area contributed by atoms with E-state index >= 15 is 0 Å². The Morgan fingerprint density at radius 1 is 1.07 bits per heavy atom. The fraction of sp³-hybridized carbons (Fsp3) is 0.364. The number of nitrogens with one attached hydrogen (secondary N) is 1. The van der Waals surface area contributed by atoms with Gasteiger partial charge in [0.05, 0.1) is 27.2 Å². The first-order valence-corrected chi connectivity index (χ1v) is 9.47. The zero-order valence-corrected chi connectivity index (χ0v) is 16.9. The Bertz CT molecular complexity index is 883. The van der Waals surface area contributed by atoms with E-state index in [4.69, 9.17) is 14.2 Å². The number of rotatable bonds is 8. The van der Waals surface area contributed by atoms with Crippen LogP contribution in [-0.2, 0) is 16.0 Å². The monoisotopic (exact) mass is 398 g/mol. The van der Waals surface area contributed by atoms with Crippen LogP contribution in [0.3, 0.4) is 0 Å². The molecule has 1 N–H and O–H groups in total. The van der Waals surface area contributed by atoms with Crippen LogP contribution in [0.2, 0.25) is 0 Å². The van der Waals surface area contributed by atoms with Crippen LogP contribution in [0.5, 0.6) is 17.2 Å². The molecule has 2 aromatic carbocycles. The molecule has 1 heterocycles. The van der Waals surface area contributed by atoms with Crippen molar-refractivity contribution in [3.8, 4) is 17.2 Å². The number of ether oxygens (including phenoxy) is 3. The highest BCUT2D eigenvalue weighted by atomic mass is 16.5. The van der Waals surface area contributed by atoms with Gasteiger partial charge in [-0.15, -0.1) is 0 Å². The lowest BCUT2D eigenvalue weighted by Crippen LogP contribution is -2.30. The molecule has 0 spiro atoms. The number of likely N-dealkylation sites (tertiary alicyclic amines) is 1. The van der Waals surface area contributed by atoms with E-state index in [1.807, 2.05) is 30.3 Å². The Labute approximate surface area is 170 Å². The van der Waals surface area contributed by atoms with Gasteiger partial charge in [-0.05, 0) is 36.2 Å². The van der Waals surface area contributed by atoms with Gasteiger partial charge in [0.2, 0.25) is 11.8 Å². The molecular weight excluding hydrogens is 372 g/mol. The first-order chi connectivity index (χ1) is 14.0. The van der Waals surface area contributed by atoms with E-state index in [0.717, 1.165) is 5.56 Å². The summed E-state index contributed by atoms with van der Waals surface area (Å²) in [4.78, 5) is 26.7. The third kappa shape index (κ3) is 4.99. The number of methoxy groups -OCH3 is 3. The summed E-state index contributed by atoms with van der Waals surface area (Å²) in [6, 6.07) is 12.9. The van der Waals surface area contributed by atoms with Crippen molar-refractivity contribution in [2.24, 2.45) is 5.92 Å². The third-order valence-corrected chi connectivity index (χ3v) is 5.04. The van der Waals surface area contributed by atoms with E-state index in [1.54, 1.807) is 38.4 Å². The van der Waals surface area contributed by atoms with Crippen LogP contribution >= 0.6 is 0 Å². The number of carbonyl (C=O) groups excluding carboxylic acids is 2. The second kappa shape index (κ2) is 9.32. The van der Waals surface area contributed by atoms with E-state index in [9.17, 15) is 9.59 Å². The number of anilines is 1. The maximum absolute atomic E-state index is 12.6. The van der Waals surface area contributed by atoms with Gasteiger partial charge in [0.25, 0.3) is 0 Å². The molecule has 1 aliphatic rings. The van der Waals surface area contributed by atoms with Gasteiger partial charge in [-0.3, -0.25) is 9.59 Å². The molecule has 154 valence electrons. The van der Waals surface area contributed by atoms with Crippen molar-refractivity contribution in [3.05, 3.63) is 48.0 Å². The zero-order chi connectivity index (χ0) is 20.8. The molecule has 3 rings (SSSR count). The summed E-state index contributed by atoms with van der Waals surface area (Å²) in [5, 5.41) is 2.87. The van der Waals surface area contributed by atoms with Gasteiger partial charge in [0.15, 0.2) is 11.5 Å². The van der Waals surface area contributed by atoms with Crippen LogP contribution < -0.4 is 19.5 Å². The third-order valence-electron chi connectivity index (χ3n) is 5.04. The Balaban J connectivity index is 1.56. The van der Waals surface area contributed by atoms with Crippen LogP contribution in [-0.4, -0.2) is 51.1 Å². The molecule has 0 saturated carbocycles. The van der Waals surface area contributed by atoms with Gasteiger partial charge >= 0.3 is 0 Å². The minimum Gasteiger partial charge on any atom is -0.497 e. The molecule has 0 unspecified atom stereocenters. The summed E-state index contributed by atoms with van der Waals surface area (Å²) in [6.07, 6.45) is 0.901. The molecule has 29 heavy (non-hydrogen) atoms. The summed E-state index contributed by atoms with van der Waals surface area (Å²) >= 11 is 0. The van der Waals surface area contributed by atoms with Crippen molar-refractivity contribution in [2.45, 2.75) is 12.8 Å². The van der Waals surface area contributed by atoms with Crippen molar-refractivity contribution in [3.63, 3.8) is 0 Å². The largest absolute Gasteiger partial charge is 0.497 e. The van der Waals surface area contributed by atoms with Gasteiger partial charge in [0, 0.05) is 31.3 Å². The van der Waals surface area contributed by atoms with Crippen LogP contribution in [0.4, 0.5) is 5.69 Å². The standard InChI is InChI=1S/C22H26N2O5/c1-27-18-6-4-5-17(13-18)23-22(26)16-12-21(25)24(14-16)10-9-15-7-8-19(28-2)20(11-15)29-3/h4-8,11,13,16H,9-10,12,14H2,1-3H3,(H,23,26)/t16-/m0/s1. The first-order valence-electron chi connectivity index (χ1n) is 9.47. The predicted octanol–water partition coefficient (Wildman–Crippen LogP) is 2.74. The van der Waals surface area contributed by atoms with E-state index in [0.29, 0.717) is 42.4 Å². The molecule has 7 heteroatoms. The summed E-state index contributed by atoms with van der Waals surface area (Å²) < 4.78 is 15.7. The topological polar surface area (TPSA) is 77.1 Å². The highest BCUT2D eigenvalue weighted by Crippen LogP contribution is 2.28. The maximum atomic E-state index is 12.6. The number of nitrogens with zero attached hydrogens (tertiary/aromatic N) is 1. The van der Waals surface area contributed by atoms with Crippen LogP contribution in [0.25, 0.3) is 0 Å². The molecule has 0 radical (unpaired) electrons. The second-order valence-electron chi connectivity index (χ2n) is 6.90. The van der Waals surface area contributed by atoms with Crippen LogP contribution in [0, 0.1) is 5.92 Å². The molecule has 0 bridgehead atoms. The highest BCUT2D eigenvalue weighted by Gasteiger charge is 2.34. The first kappa shape index (κ1) is 20.5. The summed E-state index contributed by atoms with van der Waals surface area (Å²) in [5.74, 6) is 1.48. The Morgan fingerprint density at radius 2 is 1.86 bits per heavy atom. The predicted molar refractivity (Wildman–Crippen MR) is 110 cm³/mol. The average Bonchev–Trinajstić information content (AvgIpc) is 3.12. The molecule has 0 aliphatic carbocycles. The lowest BCUT2D eigenvalue weighted by molar-refractivity contribution is -0.128. The maximum Gasteiger partial charge on any atom is 0.229 e. The van der Waals surface area contributed by atoms with Gasteiger partial charge in [0.1, 0.15) is 5.75 Å². The minimum absolute atomic E-state index is 0.00345. The summed E-state index contributed by atoms with van der Waals surface area (Å²) in [5.41, 5.74) is 1.70. The van der Waals surface area contributed by atoms with Gasteiger partial charge in [-0.25, -0.2) is 0 Å². The van der Waals surface area contributed by atoms with Gasteiger partial charge in [-0.1, -0.05) is 12.1 Å². The number of hydrogen-bond acceptors (Lipinski definition) is 5. The van der Waals surface area contributed by atoms with Gasteiger partial charge < -0.3 is 24.4 Å². The lowest BCUT2D eigenvalue weighted by atomic mass is 10.1. The normalized spacial score (nSPS) is 15.9. The fourth-order valence-electron chi connectivity index (χ4n) is 3.41. The number of carbonyl (C=O) groups is 2. The number of hydrogen-bond donors (Lipinski definition) is 1. The van der Waals surface area contributed by atoms with Crippen molar-refractivity contribution in [1.82, 2.24) is 4.90 Å². The Kier molecular flexibility index (Phi) is 6.59. The molecule has 1 fully saturated rings. The Hall–Kier alpha value is -3.22. The quantitative estimate of drug-likeness (QED) is 0.740. The highest BCUT2D eigenvalue weighted by molar-refractivity contribution is 5.97. The van der Waals surface area contributed by atoms with Crippen LogP contribution in [0.15, 0.2) is 42.5 Å². The SMILES string of the molecule is COc1cccc(NC(=O)[C@H]2CC(=O)N(CCc3ccc(OC)c(OC)c3)C2)c1. The molecule has 7 nitrogen and oxygen atoms in total. The zero-order valence-electron chi connectivity index (χ0n) is 16.9.